The quantitative estimate of drug-likeness (QED) is 0.708. The van der Waals surface area contributed by atoms with Crippen LogP contribution in [0.1, 0.15) is 22.5 Å². The zero-order valence-corrected chi connectivity index (χ0v) is 14.7. The van der Waals surface area contributed by atoms with Crippen LogP contribution in [-0.4, -0.2) is 49.7 Å². The first-order valence-electron chi connectivity index (χ1n) is 8.65. The minimum atomic E-state index is -0.517. The van der Waals surface area contributed by atoms with E-state index in [0.29, 0.717) is 25.1 Å². The molecule has 0 aliphatic carbocycles. The van der Waals surface area contributed by atoms with Crippen molar-refractivity contribution >= 4 is 5.91 Å². The van der Waals surface area contributed by atoms with E-state index in [9.17, 15) is 9.18 Å². The van der Waals surface area contributed by atoms with Crippen molar-refractivity contribution < 1.29 is 13.9 Å². The minimum absolute atomic E-state index is 0.0826. The number of rotatable bonds is 4. The van der Waals surface area contributed by atoms with Crippen molar-refractivity contribution in [1.29, 1.82) is 0 Å². The Kier molecular flexibility index (Phi) is 4.53. The van der Waals surface area contributed by atoms with Crippen LogP contribution in [0.15, 0.2) is 48.9 Å². The summed E-state index contributed by atoms with van der Waals surface area (Å²) in [4.78, 5) is 22.2. The number of halogens is 1. The fraction of sp³-hybridized carbons (Fsp3) is 0.263. The van der Waals surface area contributed by atoms with Gasteiger partial charge in [-0.2, -0.15) is 5.10 Å². The normalized spacial score (nSPS) is 16.5. The van der Waals surface area contributed by atoms with Gasteiger partial charge in [-0.05, 0) is 19.1 Å². The molecule has 8 heteroatoms. The molecule has 27 heavy (non-hydrogen) atoms. The van der Waals surface area contributed by atoms with E-state index >= 15 is 0 Å². The maximum absolute atomic E-state index is 12.9. The predicted octanol–water partition coefficient (Wildman–Crippen LogP) is 2.40. The van der Waals surface area contributed by atoms with Gasteiger partial charge >= 0.3 is 6.01 Å². The van der Waals surface area contributed by atoms with E-state index in [-0.39, 0.29) is 18.0 Å². The molecular formula is C19H18FN5O2. The Hall–Kier alpha value is -3.29. The van der Waals surface area contributed by atoms with Crippen molar-refractivity contribution in [2.75, 3.05) is 13.1 Å². The summed E-state index contributed by atoms with van der Waals surface area (Å²) >= 11 is 0. The van der Waals surface area contributed by atoms with Gasteiger partial charge in [0.15, 0.2) is 5.82 Å². The Balaban J connectivity index is 1.45. The Morgan fingerprint density at radius 1 is 1.19 bits per heavy atom. The first kappa shape index (κ1) is 17.1. The van der Waals surface area contributed by atoms with Gasteiger partial charge in [-0.25, -0.2) is 19.0 Å². The van der Waals surface area contributed by atoms with Crippen LogP contribution < -0.4 is 4.74 Å². The summed E-state index contributed by atoms with van der Waals surface area (Å²) in [6.45, 7) is 2.87. The molecular weight excluding hydrogens is 349 g/mol. The van der Waals surface area contributed by atoms with Gasteiger partial charge < -0.3 is 9.64 Å². The van der Waals surface area contributed by atoms with Gasteiger partial charge in [0, 0.05) is 13.0 Å². The number of nitrogens with zero attached hydrogens (tertiary/aromatic N) is 5. The lowest BCUT2D eigenvalue weighted by Crippen LogP contribution is -2.31. The fourth-order valence-electron chi connectivity index (χ4n) is 3.14. The molecule has 0 bridgehead atoms. The lowest BCUT2D eigenvalue weighted by molar-refractivity contribution is 0.0769. The first-order valence-corrected chi connectivity index (χ1v) is 8.65. The highest BCUT2D eigenvalue weighted by atomic mass is 19.1. The number of para-hydroxylation sites is 1. The molecule has 7 nitrogen and oxygen atoms in total. The molecule has 138 valence electrons. The maximum Gasteiger partial charge on any atom is 0.316 e. The highest BCUT2D eigenvalue weighted by Crippen LogP contribution is 2.20. The molecule has 0 radical (unpaired) electrons. The number of carbonyl (C=O) groups is 1. The number of carbonyl (C=O) groups excluding carboxylic acids is 1. The highest BCUT2D eigenvalue weighted by molar-refractivity contribution is 5.95. The maximum atomic E-state index is 12.9. The van der Waals surface area contributed by atoms with Gasteiger partial charge in [-0.1, -0.05) is 18.2 Å². The third-order valence-corrected chi connectivity index (χ3v) is 4.54. The third-order valence-electron chi connectivity index (χ3n) is 4.54. The van der Waals surface area contributed by atoms with E-state index in [2.05, 4.69) is 15.1 Å². The molecule has 0 saturated carbocycles. The van der Waals surface area contributed by atoms with E-state index in [0.717, 1.165) is 23.8 Å². The van der Waals surface area contributed by atoms with Gasteiger partial charge in [0.1, 0.15) is 6.10 Å². The van der Waals surface area contributed by atoms with E-state index in [1.54, 1.807) is 15.8 Å². The highest BCUT2D eigenvalue weighted by Gasteiger charge is 2.30. The Labute approximate surface area is 155 Å². The lowest BCUT2D eigenvalue weighted by Gasteiger charge is -2.16. The van der Waals surface area contributed by atoms with Gasteiger partial charge in [0.2, 0.25) is 0 Å². The van der Waals surface area contributed by atoms with Crippen molar-refractivity contribution in [3.63, 3.8) is 0 Å². The van der Waals surface area contributed by atoms with E-state index in [1.165, 1.54) is 0 Å². The smallest absolute Gasteiger partial charge is 0.316 e. The van der Waals surface area contributed by atoms with Gasteiger partial charge in [-0.15, -0.1) is 0 Å². The SMILES string of the molecule is Cc1c(C(=O)N2CC[C@@H](Oc3ncc(F)cn3)C2)cnn1-c1ccccc1. The molecule has 1 aliphatic heterocycles. The van der Waals surface area contributed by atoms with Crippen LogP contribution in [0.3, 0.4) is 0 Å². The molecule has 0 spiro atoms. The lowest BCUT2D eigenvalue weighted by atomic mass is 10.2. The zero-order chi connectivity index (χ0) is 18.8. The third kappa shape index (κ3) is 3.51. The number of hydrogen-bond donors (Lipinski definition) is 0. The molecule has 1 fully saturated rings. The zero-order valence-electron chi connectivity index (χ0n) is 14.7. The topological polar surface area (TPSA) is 73.1 Å². The number of benzene rings is 1. The summed E-state index contributed by atoms with van der Waals surface area (Å²) in [5.74, 6) is -0.600. The number of aromatic nitrogens is 4. The van der Waals surface area contributed by atoms with E-state index in [4.69, 9.17) is 4.74 Å². The number of amides is 1. The number of likely N-dealkylation sites (tertiary alicyclic amines) is 1. The van der Waals surface area contributed by atoms with Crippen LogP contribution in [-0.2, 0) is 0 Å². The summed E-state index contributed by atoms with van der Waals surface area (Å²) in [7, 11) is 0. The van der Waals surface area contributed by atoms with E-state index < -0.39 is 5.82 Å². The fourth-order valence-corrected chi connectivity index (χ4v) is 3.14. The Morgan fingerprint density at radius 2 is 1.93 bits per heavy atom. The van der Waals surface area contributed by atoms with Crippen LogP contribution in [0, 0.1) is 12.7 Å². The summed E-state index contributed by atoms with van der Waals surface area (Å²) in [5.41, 5.74) is 2.26. The van der Waals surface area contributed by atoms with E-state index in [1.807, 2.05) is 37.3 Å². The molecule has 1 amide bonds. The molecule has 1 atom stereocenters. The molecule has 1 aliphatic rings. The average molecular weight is 367 g/mol. The second-order valence-electron chi connectivity index (χ2n) is 6.35. The monoisotopic (exact) mass is 367 g/mol. The predicted molar refractivity (Wildman–Crippen MR) is 95.2 cm³/mol. The summed E-state index contributed by atoms with van der Waals surface area (Å²) in [6, 6.07) is 9.79. The van der Waals surface area contributed by atoms with Crippen molar-refractivity contribution in [2.24, 2.45) is 0 Å². The minimum Gasteiger partial charge on any atom is -0.458 e. The number of ether oxygens (including phenoxy) is 1. The van der Waals surface area contributed by atoms with Gasteiger partial charge in [-0.3, -0.25) is 4.79 Å². The Morgan fingerprint density at radius 3 is 2.67 bits per heavy atom. The molecule has 3 heterocycles. The van der Waals surface area contributed by atoms with Crippen molar-refractivity contribution in [3.8, 4) is 11.7 Å². The van der Waals surface area contributed by atoms with Gasteiger partial charge in [0.05, 0.1) is 42.1 Å². The van der Waals surface area contributed by atoms with Crippen LogP contribution in [0.25, 0.3) is 5.69 Å². The molecule has 0 unspecified atom stereocenters. The van der Waals surface area contributed by atoms with Crippen LogP contribution >= 0.6 is 0 Å². The summed E-state index contributed by atoms with van der Waals surface area (Å²) in [5, 5.41) is 4.36. The number of hydrogen-bond acceptors (Lipinski definition) is 5. The Bertz CT molecular complexity index is 942. The average Bonchev–Trinajstić information content (AvgIpc) is 3.31. The van der Waals surface area contributed by atoms with Crippen LogP contribution in [0.4, 0.5) is 4.39 Å². The van der Waals surface area contributed by atoms with Gasteiger partial charge in [0.25, 0.3) is 5.91 Å². The largest absolute Gasteiger partial charge is 0.458 e. The summed E-state index contributed by atoms with van der Waals surface area (Å²) in [6.07, 6.45) is 4.16. The van der Waals surface area contributed by atoms with Crippen LogP contribution in [0.2, 0.25) is 0 Å². The standard InChI is InChI=1S/C19H18FN5O2/c1-13-17(11-23-25(13)15-5-3-2-4-6-15)18(26)24-8-7-16(12-24)27-19-21-9-14(20)10-22-19/h2-6,9-11,16H,7-8,12H2,1H3/t16-/m1/s1. The second kappa shape index (κ2) is 7.14. The van der Waals surface area contributed by atoms with Crippen molar-refractivity contribution in [3.05, 3.63) is 66.0 Å². The van der Waals surface area contributed by atoms with Crippen molar-refractivity contribution in [2.45, 2.75) is 19.4 Å². The molecule has 0 N–H and O–H groups in total. The summed E-state index contributed by atoms with van der Waals surface area (Å²) < 4.78 is 20.3. The molecule has 1 saturated heterocycles. The van der Waals surface area contributed by atoms with Crippen molar-refractivity contribution in [1.82, 2.24) is 24.6 Å². The van der Waals surface area contributed by atoms with Crippen LogP contribution in [0.5, 0.6) is 6.01 Å². The molecule has 1 aromatic carbocycles. The first-order chi connectivity index (χ1) is 13.1. The molecule has 3 aromatic rings. The second-order valence-corrected chi connectivity index (χ2v) is 6.35. The molecule has 4 rings (SSSR count). The molecule has 2 aromatic heterocycles.